The summed E-state index contributed by atoms with van der Waals surface area (Å²) in [6.45, 7) is 1.03. The number of hydrogen-bond donors (Lipinski definition) is 1. The van der Waals surface area contributed by atoms with Crippen molar-refractivity contribution in [1.29, 1.82) is 0 Å². The maximum Gasteiger partial charge on any atom is 0.254 e. The van der Waals surface area contributed by atoms with Gasteiger partial charge in [-0.25, -0.2) is 4.98 Å². The van der Waals surface area contributed by atoms with Crippen molar-refractivity contribution in [2.45, 2.75) is 6.10 Å². The third-order valence-corrected chi connectivity index (χ3v) is 3.66. The predicted molar refractivity (Wildman–Crippen MR) is 87.3 cm³/mol. The Bertz CT molecular complexity index is 705. The van der Waals surface area contributed by atoms with Crippen molar-refractivity contribution >= 4 is 11.7 Å². The van der Waals surface area contributed by atoms with Gasteiger partial charge in [-0.2, -0.15) is 0 Å². The van der Waals surface area contributed by atoms with E-state index in [1.165, 1.54) is 0 Å². The molecule has 0 radical (unpaired) electrons. The molecule has 0 fully saturated rings. The lowest BCUT2D eigenvalue weighted by Gasteiger charge is -2.30. The topological polar surface area (TPSA) is 63.7 Å². The Morgan fingerprint density at radius 2 is 2.09 bits per heavy atom. The largest absolute Gasteiger partial charge is 0.486 e. The zero-order chi connectivity index (χ0) is 16.2. The molecule has 0 aliphatic carbocycles. The van der Waals surface area contributed by atoms with Gasteiger partial charge < -0.3 is 19.7 Å². The minimum absolute atomic E-state index is 0.130. The van der Waals surface area contributed by atoms with Crippen molar-refractivity contribution in [3.05, 3.63) is 48.2 Å². The van der Waals surface area contributed by atoms with Gasteiger partial charge in [0.05, 0.1) is 12.1 Å². The molecule has 0 saturated heterocycles. The molecule has 6 heteroatoms. The number of carbonyl (C=O) groups excluding carboxylic acids is 1. The normalized spacial score (nSPS) is 15.8. The SMILES string of the molecule is CNC(=O)c1cccnc1N(C)CC1COc2ccccc2O1. The Balaban J connectivity index is 1.73. The van der Waals surface area contributed by atoms with E-state index >= 15 is 0 Å². The van der Waals surface area contributed by atoms with E-state index in [1.54, 1.807) is 25.4 Å². The van der Waals surface area contributed by atoms with Crippen LogP contribution in [-0.2, 0) is 0 Å². The van der Waals surface area contributed by atoms with Gasteiger partial charge in [-0.05, 0) is 24.3 Å². The van der Waals surface area contributed by atoms with Crippen molar-refractivity contribution in [3.8, 4) is 11.5 Å². The fourth-order valence-corrected chi connectivity index (χ4v) is 2.56. The number of ether oxygens (including phenoxy) is 2. The van der Waals surface area contributed by atoms with Crippen LogP contribution in [0.4, 0.5) is 5.82 Å². The minimum atomic E-state index is -0.161. The van der Waals surface area contributed by atoms with Gasteiger partial charge in [0.15, 0.2) is 17.6 Å². The predicted octanol–water partition coefficient (Wildman–Crippen LogP) is 1.72. The van der Waals surface area contributed by atoms with Crippen LogP contribution in [0.15, 0.2) is 42.6 Å². The van der Waals surface area contributed by atoms with Gasteiger partial charge in [-0.15, -0.1) is 0 Å². The van der Waals surface area contributed by atoms with E-state index < -0.39 is 0 Å². The first-order valence-corrected chi connectivity index (χ1v) is 7.45. The zero-order valence-corrected chi connectivity index (χ0v) is 13.2. The van der Waals surface area contributed by atoms with E-state index in [1.807, 2.05) is 36.2 Å². The Morgan fingerprint density at radius 3 is 2.87 bits per heavy atom. The Morgan fingerprint density at radius 1 is 1.30 bits per heavy atom. The van der Waals surface area contributed by atoms with Crippen LogP contribution in [0.3, 0.4) is 0 Å². The number of rotatable bonds is 4. The molecule has 2 aromatic rings. The van der Waals surface area contributed by atoms with E-state index in [0.29, 0.717) is 24.5 Å². The monoisotopic (exact) mass is 313 g/mol. The van der Waals surface area contributed by atoms with Gasteiger partial charge in [-0.3, -0.25) is 4.79 Å². The van der Waals surface area contributed by atoms with Crippen molar-refractivity contribution < 1.29 is 14.3 Å². The molecule has 1 aliphatic rings. The van der Waals surface area contributed by atoms with Crippen LogP contribution in [0.25, 0.3) is 0 Å². The Kier molecular flexibility index (Phi) is 4.32. The molecule has 1 aromatic heterocycles. The number of benzene rings is 1. The molecule has 1 atom stereocenters. The smallest absolute Gasteiger partial charge is 0.254 e. The lowest BCUT2D eigenvalue weighted by atomic mass is 10.2. The Labute approximate surface area is 135 Å². The second kappa shape index (κ2) is 6.56. The maximum absolute atomic E-state index is 12.0. The van der Waals surface area contributed by atoms with Crippen LogP contribution in [0, 0.1) is 0 Å². The van der Waals surface area contributed by atoms with Crippen molar-refractivity contribution in [3.63, 3.8) is 0 Å². The number of likely N-dealkylation sites (N-methyl/N-ethyl adjacent to an activating group) is 1. The summed E-state index contributed by atoms with van der Waals surface area (Å²) in [5, 5.41) is 2.63. The molecular formula is C17H19N3O3. The summed E-state index contributed by atoms with van der Waals surface area (Å²) in [7, 11) is 3.49. The van der Waals surface area contributed by atoms with Crippen molar-refractivity contribution in [1.82, 2.24) is 10.3 Å². The summed E-state index contributed by atoms with van der Waals surface area (Å²) in [5.41, 5.74) is 0.537. The number of carbonyl (C=O) groups is 1. The van der Waals surface area contributed by atoms with Crippen LogP contribution in [0.5, 0.6) is 11.5 Å². The first-order valence-electron chi connectivity index (χ1n) is 7.45. The fraction of sp³-hybridized carbons (Fsp3) is 0.294. The second-order valence-corrected chi connectivity index (χ2v) is 5.33. The lowest BCUT2D eigenvalue weighted by Crippen LogP contribution is -2.40. The maximum atomic E-state index is 12.0. The van der Waals surface area contributed by atoms with Crippen LogP contribution >= 0.6 is 0 Å². The van der Waals surface area contributed by atoms with Crippen LogP contribution in [0.1, 0.15) is 10.4 Å². The number of amides is 1. The van der Waals surface area contributed by atoms with Gasteiger partial charge in [0.2, 0.25) is 0 Å². The average molecular weight is 313 g/mol. The first-order chi connectivity index (χ1) is 11.2. The van der Waals surface area contributed by atoms with Gasteiger partial charge in [0.25, 0.3) is 5.91 Å². The summed E-state index contributed by atoms with van der Waals surface area (Å²) in [4.78, 5) is 18.2. The van der Waals surface area contributed by atoms with E-state index in [2.05, 4.69) is 10.3 Å². The van der Waals surface area contributed by atoms with Crippen LogP contribution < -0.4 is 19.7 Å². The molecule has 1 unspecified atom stereocenters. The van der Waals surface area contributed by atoms with Gasteiger partial charge >= 0.3 is 0 Å². The molecule has 6 nitrogen and oxygen atoms in total. The van der Waals surface area contributed by atoms with E-state index in [0.717, 1.165) is 11.5 Å². The van der Waals surface area contributed by atoms with Gasteiger partial charge in [0.1, 0.15) is 12.4 Å². The minimum Gasteiger partial charge on any atom is -0.486 e. The molecule has 120 valence electrons. The highest BCUT2D eigenvalue weighted by Crippen LogP contribution is 2.31. The number of aromatic nitrogens is 1. The van der Waals surface area contributed by atoms with Crippen molar-refractivity contribution in [2.24, 2.45) is 0 Å². The number of para-hydroxylation sites is 2. The van der Waals surface area contributed by atoms with E-state index in [9.17, 15) is 4.79 Å². The summed E-state index contributed by atoms with van der Waals surface area (Å²) in [5.74, 6) is 1.96. The van der Waals surface area contributed by atoms with Crippen LogP contribution in [-0.4, -0.2) is 44.2 Å². The molecule has 3 rings (SSSR count). The van der Waals surface area contributed by atoms with E-state index in [4.69, 9.17) is 9.47 Å². The summed E-state index contributed by atoms with van der Waals surface area (Å²) < 4.78 is 11.7. The summed E-state index contributed by atoms with van der Waals surface area (Å²) in [6, 6.07) is 11.1. The quantitative estimate of drug-likeness (QED) is 0.931. The lowest BCUT2D eigenvalue weighted by molar-refractivity contribution is 0.0947. The number of nitrogens with zero attached hydrogens (tertiary/aromatic N) is 2. The highest BCUT2D eigenvalue weighted by molar-refractivity contribution is 5.98. The third kappa shape index (κ3) is 3.21. The molecule has 23 heavy (non-hydrogen) atoms. The number of pyridine rings is 1. The standard InChI is InChI=1S/C17H19N3O3/c1-18-17(21)13-6-5-9-19-16(13)20(2)10-12-11-22-14-7-3-4-8-15(14)23-12/h3-9,12H,10-11H2,1-2H3,(H,18,21). The summed E-state index contributed by atoms with van der Waals surface area (Å²) in [6.07, 6.45) is 1.54. The molecule has 0 spiro atoms. The Hall–Kier alpha value is -2.76. The molecule has 1 aromatic carbocycles. The number of hydrogen-bond acceptors (Lipinski definition) is 5. The molecule has 0 bridgehead atoms. The van der Waals surface area contributed by atoms with Crippen molar-refractivity contribution in [2.75, 3.05) is 32.1 Å². The fourth-order valence-electron chi connectivity index (χ4n) is 2.56. The zero-order valence-electron chi connectivity index (χ0n) is 13.2. The molecule has 1 aliphatic heterocycles. The first kappa shape index (κ1) is 15.1. The molecule has 1 N–H and O–H groups in total. The van der Waals surface area contributed by atoms with Gasteiger partial charge in [0, 0.05) is 20.3 Å². The molecular weight excluding hydrogens is 294 g/mol. The highest BCUT2D eigenvalue weighted by Gasteiger charge is 2.24. The highest BCUT2D eigenvalue weighted by atomic mass is 16.6. The van der Waals surface area contributed by atoms with E-state index in [-0.39, 0.29) is 12.0 Å². The molecule has 1 amide bonds. The van der Waals surface area contributed by atoms with Gasteiger partial charge in [-0.1, -0.05) is 12.1 Å². The number of nitrogens with one attached hydrogen (secondary N) is 1. The van der Waals surface area contributed by atoms with Crippen LogP contribution in [0.2, 0.25) is 0 Å². The second-order valence-electron chi connectivity index (χ2n) is 5.33. The molecule has 2 heterocycles. The average Bonchev–Trinajstić information content (AvgIpc) is 2.61. The third-order valence-electron chi connectivity index (χ3n) is 3.66. The summed E-state index contributed by atoms with van der Waals surface area (Å²) >= 11 is 0. The number of anilines is 1. The number of fused-ring (bicyclic) bond motifs is 1. The molecule has 0 saturated carbocycles.